The summed E-state index contributed by atoms with van der Waals surface area (Å²) in [6, 6.07) is 0. The van der Waals surface area contributed by atoms with Crippen LogP contribution in [0.25, 0.3) is 0 Å². The number of nitrogens with one attached hydrogen (secondary N) is 1. The van der Waals surface area contributed by atoms with E-state index in [4.69, 9.17) is 16.7 Å². The Hall–Kier alpha value is -0.810. The highest BCUT2D eigenvalue weighted by Gasteiger charge is 2.15. The van der Waals surface area contributed by atoms with E-state index in [-0.39, 0.29) is 12.3 Å². The van der Waals surface area contributed by atoms with E-state index >= 15 is 0 Å². The van der Waals surface area contributed by atoms with Crippen LogP contribution in [-0.2, 0) is 4.79 Å². The number of aromatic nitrogens is 1. The quantitative estimate of drug-likeness (QED) is 0.802. The Bertz CT molecular complexity index is 368. The molecule has 1 atom stereocenters. The number of rotatable bonds is 7. The molecule has 6 heteroatoms. The molecule has 0 spiro atoms. The average Bonchev–Trinajstić information content (AvgIpc) is 2.59. The molecule has 0 bridgehead atoms. The number of nitrogens with zero attached hydrogens (tertiary/aromatic N) is 1. The zero-order valence-electron chi connectivity index (χ0n) is 9.94. The van der Waals surface area contributed by atoms with E-state index in [2.05, 4.69) is 24.1 Å². The first-order chi connectivity index (χ1) is 7.97. The summed E-state index contributed by atoms with van der Waals surface area (Å²) in [5.41, 5.74) is 0. The minimum atomic E-state index is -0.755. The van der Waals surface area contributed by atoms with Gasteiger partial charge in [0.15, 0.2) is 5.13 Å². The largest absolute Gasteiger partial charge is 0.481 e. The van der Waals surface area contributed by atoms with Crippen molar-refractivity contribution in [3.05, 3.63) is 10.5 Å². The third-order valence-corrected chi connectivity index (χ3v) is 3.41. The number of anilines is 1. The Balaban J connectivity index is 2.45. The van der Waals surface area contributed by atoms with E-state index in [1.807, 2.05) is 0 Å². The number of carboxylic acid groups (broad SMARTS) is 1. The molecule has 0 aliphatic rings. The molecule has 0 aliphatic carbocycles. The second-order valence-corrected chi connectivity index (χ2v) is 5.70. The third-order valence-electron chi connectivity index (χ3n) is 2.29. The van der Waals surface area contributed by atoms with E-state index in [9.17, 15) is 4.79 Å². The lowest BCUT2D eigenvalue weighted by Gasteiger charge is -2.17. The van der Waals surface area contributed by atoms with Gasteiger partial charge in [-0.2, -0.15) is 0 Å². The Morgan fingerprint density at radius 3 is 2.82 bits per heavy atom. The van der Waals surface area contributed by atoms with E-state index in [0.717, 1.165) is 11.6 Å². The molecule has 0 amide bonds. The summed E-state index contributed by atoms with van der Waals surface area (Å²) in [5, 5.41) is 14.9. The van der Waals surface area contributed by atoms with Gasteiger partial charge in [0.2, 0.25) is 0 Å². The van der Waals surface area contributed by atoms with Gasteiger partial charge in [-0.05, 0) is 18.3 Å². The standard InChI is InChI=1S/C11H17ClN2O2S/c1-7(2)3-8(4-10(15)16)5-13-11-14-9(12)6-17-11/h6-8H,3-5H2,1-2H3,(H,13,14)(H,15,16). The molecule has 96 valence electrons. The van der Waals surface area contributed by atoms with Gasteiger partial charge in [0, 0.05) is 18.3 Å². The van der Waals surface area contributed by atoms with Crippen molar-refractivity contribution in [1.29, 1.82) is 0 Å². The van der Waals surface area contributed by atoms with Crippen LogP contribution in [0.1, 0.15) is 26.7 Å². The highest BCUT2D eigenvalue weighted by Crippen LogP contribution is 2.21. The molecule has 17 heavy (non-hydrogen) atoms. The molecule has 1 unspecified atom stereocenters. The second-order valence-electron chi connectivity index (χ2n) is 4.45. The van der Waals surface area contributed by atoms with Crippen molar-refractivity contribution in [2.24, 2.45) is 11.8 Å². The monoisotopic (exact) mass is 276 g/mol. The normalized spacial score (nSPS) is 12.7. The molecule has 0 aromatic carbocycles. The fourth-order valence-electron chi connectivity index (χ4n) is 1.72. The summed E-state index contributed by atoms with van der Waals surface area (Å²) in [6.07, 6.45) is 1.07. The maximum Gasteiger partial charge on any atom is 0.303 e. The van der Waals surface area contributed by atoms with Gasteiger partial charge in [0.25, 0.3) is 0 Å². The fourth-order valence-corrected chi connectivity index (χ4v) is 2.57. The van der Waals surface area contributed by atoms with E-state index in [1.165, 1.54) is 11.3 Å². The summed E-state index contributed by atoms with van der Waals surface area (Å²) in [4.78, 5) is 14.8. The van der Waals surface area contributed by atoms with E-state index in [0.29, 0.717) is 17.6 Å². The first-order valence-corrected chi connectivity index (χ1v) is 6.79. The molecule has 2 N–H and O–H groups in total. The fraction of sp³-hybridized carbons (Fsp3) is 0.636. The summed E-state index contributed by atoms with van der Waals surface area (Å²) < 4.78 is 0. The minimum Gasteiger partial charge on any atom is -0.481 e. The molecule has 1 rings (SSSR count). The maximum atomic E-state index is 10.7. The molecule has 1 aromatic rings. The van der Waals surface area contributed by atoms with Crippen molar-refractivity contribution in [3.63, 3.8) is 0 Å². The van der Waals surface area contributed by atoms with E-state index < -0.39 is 5.97 Å². The Kier molecular flexibility index (Phi) is 5.71. The molecule has 0 aliphatic heterocycles. The molecule has 1 aromatic heterocycles. The molecule has 4 nitrogen and oxygen atoms in total. The Morgan fingerprint density at radius 2 is 2.35 bits per heavy atom. The molecule has 0 radical (unpaired) electrons. The topological polar surface area (TPSA) is 62.2 Å². The van der Waals surface area contributed by atoms with Gasteiger partial charge >= 0.3 is 5.97 Å². The van der Waals surface area contributed by atoms with Crippen LogP contribution in [0.3, 0.4) is 0 Å². The predicted molar refractivity (Wildman–Crippen MR) is 70.8 cm³/mol. The maximum absolute atomic E-state index is 10.7. The zero-order valence-corrected chi connectivity index (χ0v) is 11.5. The lowest BCUT2D eigenvalue weighted by Crippen LogP contribution is -2.19. The van der Waals surface area contributed by atoms with Crippen molar-refractivity contribution in [2.45, 2.75) is 26.7 Å². The third kappa shape index (κ3) is 5.89. The molecular weight excluding hydrogens is 260 g/mol. The van der Waals surface area contributed by atoms with Gasteiger partial charge in [-0.15, -0.1) is 11.3 Å². The van der Waals surface area contributed by atoms with Crippen molar-refractivity contribution in [3.8, 4) is 0 Å². The zero-order chi connectivity index (χ0) is 12.8. The smallest absolute Gasteiger partial charge is 0.303 e. The number of carboxylic acids is 1. The number of thiazole rings is 1. The second kappa shape index (κ2) is 6.81. The lowest BCUT2D eigenvalue weighted by atomic mass is 9.94. The van der Waals surface area contributed by atoms with Gasteiger partial charge < -0.3 is 10.4 Å². The Morgan fingerprint density at radius 1 is 1.65 bits per heavy atom. The van der Waals surface area contributed by atoms with Crippen LogP contribution in [0, 0.1) is 11.8 Å². The van der Waals surface area contributed by atoms with Crippen LogP contribution < -0.4 is 5.32 Å². The van der Waals surface area contributed by atoms with Crippen molar-refractivity contribution in [2.75, 3.05) is 11.9 Å². The van der Waals surface area contributed by atoms with Crippen LogP contribution in [0.15, 0.2) is 5.38 Å². The molecule has 0 saturated heterocycles. The summed E-state index contributed by atoms with van der Waals surface area (Å²) >= 11 is 7.14. The van der Waals surface area contributed by atoms with Gasteiger partial charge in [0.05, 0.1) is 0 Å². The van der Waals surface area contributed by atoms with Crippen LogP contribution in [0.2, 0.25) is 5.15 Å². The number of halogens is 1. The number of aliphatic carboxylic acids is 1. The Labute approximate surface area is 110 Å². The van der Waals surface area contributed by atoms with Crippen LogP contribution in [0.4, 0.5) is 5.13 Å². The van der Waals surface area contributed by atoms with Crippen LogP contribution in [0.5, 0.6) is 0 Å². The minimum absolute atomic E-state index is 0.121. The summed E-state index contributed by atoms with van der Waals surface area (Å²) in [7, 11) is 0. The van der Waals surface area contributed by atoms with Gasteiger partial charge in [0.1, 0.15) is 5.15 Å². The first-order valence-electron chi connectivity index (χ1n) is 5.54. The molecule has 1 heterocycles. The van der Waals surface area contributed by atoms with Gasteiger partial charge in [-0.1, -0.05) is 25.4 Å². The predicted octanol–water partition coefficient (Wildman–Crippen LogP) is 3.35. The highest BCUT2D eigenvalue weighted by molar-refractivity contribution is 7.14. The first kappa shape index (κ1) is 14.3. The number of hydrogen-bond donors (Lipinski definition) is 2. The average molecular weight is 277 g/mol. The summed E-state index contributed by atoms with van der Waals surface area (Å²) in [5.74, 6) is -0.147. The highest BCUT2D eigenvalue weighted by atomic mass is 35.5. The van der Waals surface area contributed by atoms with Crippen molar-refractivity contribution in [1.82, 2.24) is 4.98 Å². The molecule has 0 fully saturated rings. The van der Waals surface area contributed by atoms with Gasteiger partial charge in [-0.3, -0.25) is 4.79 Å². The number of carbonyl (C=O) groups is 1. The molecular formula is C11H17ClN2O2S. The van der Waals surface area contributed by atoms with Crippen LogP contribution in [-0.4, -0.2) is 22.6 Å². The SMILES string of the molecule is CC(C)CC(CNc1nc(Cl)cs1)CC(=O)O. The van der Waals surface area contributed by atoms with Crippen LogP contribution >= 0.6 is 22.9 Å². The number of hydrogen-bond acceptors (Lipinski definition) is 4. The van der Waals surface area contributed by atoms with Gasteiger partial charge in [-0.25, -0.2) is 4.98 Å². The van der Waals surface area contributed by atoms with Crippen molar-refractivity contribution >= 4 is 34.0 Å². The summed E-state index contributed by atoms with van der Waals surface area (Å²) in [6.45, 7) is 4.80. The van der Waals surface area contributed by atoms with Crippen molar-refractivity contribution < 1.29 is 9.90 Å². The lowest BCUT2D eigenvalue weighted by molar-refractivity contribution is -0.138. The molecule has 0 saturated carbocycles. The van der Waals surface area contributed by atoms with E-state index in [1.54, 1.807) is 5.38 Å².